The number of rotatable bonds is 7. The molecule has 0 atom stereocenters. The number of nitrogens with one attached hydrogen (secondary N) is 1. The molecule has 0 saturated carbocycles. The molecule has 2 rings (SSSR count). The van der Waals surface area contributed by atoms with Crippen LogP contribution in [0.3, 0.4) is 0 Å². The Morgan fingerprint density at radius 1 is 1.08 bits per heavy atom. The van der Waals surface area contributed by atoms with E-state index in [1.54, 1.807) is 38.1 Å². The van der Waals surface area contributed by atoms with Crippen LogP contribution in [0.5, 0.6) is 5.75 Å². The number of nitrogens with zero attached hydrogens (tertiary/aromatic N) is 1. The largest absolute Gasteiger partial charge is 0.478 e. The topological polar surface area (TPSA) is 41.6 Å². The van der Waals surface area contributed by atoms with Gasteiger partial charge >= 0.3 is 0 Å². The molecule has 134 valence electrons. The van der Waals surface area contributed by atoms with Crippen molar-refractivity contribution in [2.75, 3.05) is 14.1 Å². The van der Waals surface area contributed by atoms with Crippen molar-refractivity contribution >= 4 is 17.5 Å². The van der Waals surface area contributed by atoms with Gasteiger partial charge in [0.2, 0.25) is 0 Å². The Morgan fingerprint density at radius 2 is 1.68 bits per heavy atom. The van der Waals surface area contributed by atoms with E-state index in [0.29, 0.717) is 17.3 Å². The molecule has 25 heavy (non-hydrogen) atoms. The number of carbonyl (C=O) groups excluding carboxylic acids is 1. The highest BCUT2D eigenvalue weighted by Gasteiger charge is 2.29. The molecule has 0 heterocycles. The predicted octanol–water partition coefficient (Wildman–Crippen LogP) is 3.88. The molecule has 0 bridgehead atoms. The summed E-state index contributed by atoms with van der Waals surface area (Å²) in [6.45, 7) is 4.80. The SMILES string of the molecule is CN(C)Cc1ccccc1CNC(=O)C(C)(C)Oc1ccc(Cl)cc1. The van der Waals surface area contributed by atoms with E-state index in [-0.39, 0.29) is 5.91 Å². The lowest BCUT2D eigenvalue weighted by Crippen LogP contribution is -2.46. The first-order valence-electron chi connectivity index (χ1n) is 8.22. The fourth-order valence-electron chi connectivity index (χ4n) is 2.46. The summed E-state index contributed by atoms with van der Waals surface area (Å²) in [5, 5.41) is 3.61. The summed E-state index contributed by atoms with van der Waals surface area (Å²) < 4.78 is 5.82. The molecule has 2 aromatic carbocycles. The zero-order valence-corrected chi connectivity index (χ0v) is 15.9. The molecular formula is C20H25ClN2O2. The van der Waals surface area contributed by atoms with Gasteiger partial charge in [0, 0.05) is 18.1 Å². The summed E-state index contributed by atoms with van der Waals surface area (Å²) in [4.78, 5) is 14.7. The third-order valence-electron chi connectivity index (χ3n) is 3.78. The molecule has 4 nitrogen and oxygen atoms in total. The predicted molar refractivity (Wildman–Crippen MR) is 102 cm³/mol. The third-order valence-corrected chi connectivity index (χ3v) is 4.03. The lowest BCUT2D eigenvalue weighted by molar-refractivity contribution is -0.134. The number of amides is 1. The van der Waals surface area contributed by atoms with E-state index in [0.717, 1.165) is 12.1 Å². The minimum Gasteiger partial charge on any atom is -0.478 e. The van der Waals surface area contributed by atoms with Crippen LogP contribution < -0.4 is 10.1 Å². The lowest BCUT2D eigenvalue weighted by Gasteiger charge is -2.25. The van der Waals surface area contributed by atoms with Crippen LogP contribution in [0.1, 0.15) is 25.0 Å². The molecule has 0 aliphatic heterocycles. The van der Waals surface area contributed by atoms with E-state index in [4.69, 9.17) is 16.3 Å². The number of hydrogen-bond donors (Lipinski definition) is 1. The normalized spacial score (nSPS) is 11.4. The summed E-state index contributed by atoms with van der Waals surface area (Å²) >= 11 is 5.88. The average Bonchev–Trinajstić information content (AvgIpc) is 2.55. The van der Waals surface area contributed by atoms with Crippen LogP contribution in [0, 0.1) is 0 Å². The number of benzene rings is 2. The van der Waals surface area contributed by atoms with E-state index >= 15 is 0 Å². The second-order valence-electron chi connectivity index (χ2n) is 6.76. The molecule has 2 aromatic rings. The van der Waals surface area contributed by atoms with Crippen molar-refractivity contribution in [3.05, 3.63) is 64.7 Å². The van der Waals surface area contributed by atoms with Crippen molar-refractivity contribution in [2.24, 2.45) is 0 Å². The zero-order chi connectivity index (χ0) is 18.4. The minimum atomic E-state index is -0.982. The highest BCUT2D eigenvalue weighted by atomic mass is 35.5. The third kappa shape index (κ3) is 5.76. The molecule has 5 heteroatoms. The molecule has 0 aromatic heterocycles. The smallest absolute Gasteiger partial charge is 0.263 e. The van der Waals surface area contributed by atoms with Gasteiger partial charge in [-0.2, -0.15) is 0 Å². The van der Waals surface area contributed by atoms with E-state index < -0.39 is 5.60 Å². The highest BCUT2D eigenvalue weighted by molar-refractivity contribution is 6.30. The maximum absolute atomic E-state index is 12.6. The average molecular weight is 361 g/mol. The van der Waals surface area contributed by atoms with Crippen molar-refractivity contribution in [3.63, 3.8) is 0 Å². The van der Waals surface area contributed by atoms with E-state index in [2.05, 4.69) is 16.3 Å². The van der Waals surface area contributed by atoms with Gasteiger partial charge in [0.05, 0.1) is 0 Å². The number of hydrogen-bond acceptors (Lipinski definition) is 3. The van der Waals surface area contributed by atoms with Gasteiger partial charge in [-0.25, -0.2) is 0 Å². The minimum absolute atomic E-state index is 0.165. The van der Waals surface area contributed by atoms with Crippen LogP contribution in [-0.4, -0.2) is 30.5 Å². The molecule has 0 aliphatic carbocycles. The molecule has 0 spiro atoms. The second kappa shape index (κ2) is 8.37. The van der Waals surface area contributed by atoms with Gasteiger partial charge in [-0.15, -0.1) is 0 Å². The van der Waals surface area contributed by atoms with Crippen molar-refractivity contribution < 1.29 is 9.53 Å². The van der Waals surface area contributed by atoms with Crippen molar-refractivity contribution in [1.82, 2.24) is 10.2 Å². The van der Waals surface area contributed by atoms with Crippen molar-refractivity contribution in [2.45, 2.75) is 32.5 Å². The van der Waals surface area contributed by atoms with Gasteiger partial charge in [-0.3, -0.25) is 4.79 Å². The van der Waals surface area contributed by atoms with Gasteiger partial charge in [0.25, 0.3) is 5.91 Å². The van der Waals surface area contributed by atoms with Crippen LogP contribution >= 0.6 is 11.6 Å². The Labute approximate surface area is 154 Å². The van der Waals surface area contributed by atoms with Gasteiger partial charge < -0.3 is 15.0 Å². The zero-order valence-electron chi connectivity index (χ0n) is 15.2. The summed E-state index contributed by atoms with van der Waals surface area (Å²) in [7, 11) is 4.05. The van der Waals surface area contributed by atoms with Gasteiger partial charge in [0.1, 0.15) is 5.75 Å². The first-order valence-corrected chi connectivity index (χ1v) is 8.60. The quantitative estimate of drug-likeness (QED) is 0.814. The molecule has 1 amide bonds. The van der Waals surface area contributed by atoms with Crippen LogP contribution in [0.15, 0.2) is 48.5 Å². The van der Waals surface area contributed by atoms with Crippen LogP contribution in [0.25, 0.3) is 0 Å². The van der Waals surface area contributed by atoms with Crippen LogP contribution in [0.2, 0.25) is 5.02 Å². The van der Waals surface area contributed by atoms with Gasteiger partial charge in [0.15, 0.2) is 5.60 Å². The van der Waals surface area contributed by atoms with E-state index in [9.17, 15) is 4.79 Å². The molecule has 0 saturated heterocycles. The molecule has 0 unspecified atom stereocenters. The number of halogens is 1. The Hall–Kier alpha value is -2.04. The standard InChI is InChI=1S/C20H25ClN2O2/c1-20(2,25-18-11-9-17(21)10-12-18)19(24)22-13-15-7-5-6-8-16(15)14-23(3)4/h5-12H,13-14H2,1-4H3,(H,22,24). The first kappa shape index (κ1) is 19.3. The van der Waals surface area contributed by atoms with Crippen molar-refractivity contribution in [3.8, 4) is 5.75 Å². The van der Waals surface area contributed by atoms with Crippen molar-refractivity contribution in [1.29, 1.82) is 0 Å². The van der Waals surface area contributed by atoms with E-state index in [1.807, 2.05) is 32.3 Å². The molecule has 0 aliphatic rings. The Morgan fingerprint density at radius 3 is 2.28 bits per heavy atom. The second-order valence-corrected chi connectivity index (χ2v) is 7.19. The molecule has 0 radical (unpaired) electrons. The number of carbonyl (C=O) groups is 1. The molecule has 1 N–H and O–H groups in total. The lowest BCUT2D eigenvalue weighted by atomic mass is 10.1. The summed E-state index contributed by atoms with van der Waals surface area (Å²) in [5.41, 5.74) is 1.32. The maximum Gasteiger partial charge on any atom is 0.263 e. The number of ether oxygens (including phenoxy) is 1. The molecular weight excluding hydrogens is 336 g/mol. The van der Waals surface area contributed by atoms with Crippen LogP contribution in [0.4, 0.5) is 0 Å². The maximum atomic E-state index is 12.6. The van der Waals surface area contributed by atoms with Gasteiger partial charge in [-0.05, 0) is 63.3 Å². The fourth-order valence-corrected chi connectivity index (χ4v) is 2.58. The Bertz CT molecular complexity index is 712. The summed E-state index contributed by atoms with van der Waals surface area (Å²) in [5.74, 6) is 0.444. The highest BCUT2D eigenvalue weighted by Crippen LogP contribution is 2.21. The van der Waals surface area contributed by atoms with Gasteiger partial charge in [-0.1, -0.05) is 35.9 Å². The fraction of sp³-hybridized carbons (Fsp3) is 0.350. The van der Waals surface area contributed by atoms with Crippen LogP contribution in [-0.2, 0) is 17.9 Å². The molecule has 0 fully saturated rings. The monoisotopic (exact) mass is 360 g/mol. The van der Waals surface area contributed by atoms with E-state index in [1.165, 1.54) is 5.56 Å². The Balaban J connectivity index is 2.00. The summed E-state index contributed by atoms with van der Waals surface area (Å²) in [6.07, 6.45) is 0. The first-order chi connectivity index (χ1) is 11.8. The Kier molecular flexibility index (Phi) is 6.45. The summed E-state index contributed by atoms with van der Waals surface area (Å²) in [6, 6.07) is 15.1.